The Balaban J connectivity index is 2.39. The Morgan fingerprint density at radius 1 is 1.69 bits per heavy atom. The van der Waals surface area contributed by atoms with Crippen LogP contribution in [0.15, 0.2) is 16.7 Å². The average Bonchev–Trinajstić information content (AvgIpc) is 2.52. The zero-order chi connectivity index (χ0) is 9.68. The fourth-order valence-corrected chi connectivity index (χ4v) is 1.27. The largest absolute Gasteiger partial charge is 0.453 e. The Kier molecular flexibility index (Phi) is 4.28. The molecule has 1 unspecified atom stereocenters. The zero-order valence-electron chi connectivity index (χ0n) is 7.63. The molecule has 3 nitrogen and oxygen atoms in total. The zero-order valence-corrected chi connectivity index (χ0v) is 8.38. The Morgan fingerprint density at radius 2 is 2.46 bits per heavy atom. The van der Waals surface area contributed by atoms with Gasteiger partial charge in [0.25, 0.3) is 0 Å². The van der Waals surface area contributed by atoms with E-state index in [0.29, 0.717) is 11.8 Å². The van der Waals surface area contributed by atoms with E-state index < -0.39 is 0 Å². The lowest BCUT2D eigenvalue weighted by Crippen LogP contribution is -2.17. The van der Waals surface area contributed by atoms with Crippen LogP contribution in [0.1, 0.15) is 24.9 Å². The van der Waals surface area contributed by atoms with Gasteiger partial charge in [-0.2, -0.15) is 0 Å². The maximum absolute atomic E-state index is 5.81. The van der Waals surface area contributed by atoms with Gasteiger partial charge in [-0.05, 0) is 24.1 Å². The maximum Gasteiger partial charge on any atom is 0.197 e. The van der Waals surface area contributed by atoms with Gasteiger partial charge in [0, 0.05) is 12.2 Å². The number of hydrogen-bond acceptors (Lipinski definition) is 3. The van der Waals surface area contributed by atoms with Crippen molar-refractivity contribution in [1.82, 2.24) is 0 Å². The number of nitrogens with two attached hydrogens (primary N) is 1. The minimum atomic E-state index is -0.196. The highest BCUT2D eigenvalue weighted by Gasteiger charge is 2.12. The number of ether oxygens (including phenoxy) is 1. The van der Waals surface area contributed by atoms with Gasteiger partial charge in [0.2, 0.25) is 0 Å². The van der Waals surface area contributed by atoms with E-state index in [-0.39, 0.29) is 6.04 Å². The molecule has 0 fully saturated rings. The van der Waals surface area contributed by atoms with Crippen LogP contribution in [-0.2, 0) is 4.74 Å². The van der Waals surface area contributed by atoms with E-state index >= 15 is 0 Å². The maximum atomic E-state index is 5.81. The van der Waals surface area contributed by atoms with Gasteiger partial charge in [0.15, 0.2) is 5.22 Å². The summed E-state index contributed by atoms with van der Waals surface area (Å²) in [6.45, 7) is 3.26. The normalized spacial score (nSPS) is 13.2. The van der Waals surface area contributed by atoms with E-state index in [2.05, 4.69) is 6.92 Å². The predicted octanol–water partition coefficient (Wildman–Crippen LogP) is 2.36. The minimum Gasteiger partial charge on any atom is -0.453 e. The fourth-order valence-electron chi connectivity index (χ4n) is 1.01. The van der Waals surface area contributed by atoms with Gasteiger partial charge in [-0.25, -0.2) is 0 Å². The molecule has 0 aliphatic heterocycles. The van der Waals surface area contributed by atoms with Gasteiger partial charge in [-0.1, -0.05) is 6.92 Å². The summed E-state index contributed by atoms with van der Waals surface area (Å²) >= 11 is 5.75. The molecule has 1 aromatic heterocycles. The third kappa shape index (κ3) is 3.03. The highest BCUT2D eigenvalue weighted by molar-refractivity contribution is 6.29. The molecule has 0 saturated carbocycles. The van der Waals surface area contributed by atoms with Crippen LogP contribution in [0.3, 0.4) is 0 Å². The lowest BCUT2D eigenvalue weighted by Gasteiger charge is -2.09. The molecule has 1 heterocycles. The smallest absolute Gasteiger partial charge is 0.197 e. The van der Waals surface area contributed by atoms with Crippen molar-refractivity contribution in [3.05, 3.63) is 23.1 Å². The first-order valence-electron chi connectivity index (χ1n) is 4.32. The first-order valence-corrected chi connectivity index (χ1v) is 4.69. The molecule has 13 heavy (non-hydrogen) atoms. The molecular weight excluding hydrogens is 190 g/mol. The second-order valence-electron chi connectivity index (χ2n) is 2.83. The van der Waals surface area contributed by atoms with Crippen LogP contribution in [0.25, 0.3) is 0 Å². The topological polar surface area (TPSA) is 48.4 Å². The van der Waals surface area contributed by atoms with Crippen LogP contribution in [-0.4, -0.2) is 13.2 Å². The molecule has 0 aliphatic rings. The molecule has 2 N–H and O–H groups in total. The molecule has 1 atom stereocenters. The molecule has 0 radical (unpaired) electrons. The first kappa shape index (κ1) is 10.6. The summed E-state index contributed by atoms with van der Waals surface area (Å²) in [5.74, 6) is 0. The Bertz CT molecular complexity index is 250. The van der Waals surface area contributed by atoms with Crippen LogP contribution in [0.4, 0.5) is 0 Å². The molecule has 1 rings (SSSR count). The summed E-state index contributed by atoms with van der Waals surface area (Å²) in [4.78, 5) is 0. The van der Waals surface area contributed by atoms with Crippen LogP contribution in [0.5, 0.6) is 0 Å². The van der Waals surface area contributed by atoms with Gasteiger partial charge in [-0.3, -0.25) is 0 Å². The van der Waals surface area contributed by atoms with E-state index in [1.54, 1.807) is 6.07 Å². The van der Waals surface area contributed by atoms with E-state index in [1.165, 1.54) is 6.26 Å². The van der Waals surface area contributed by atoms with Crippen molar-refractivity contribution in [2.24, 2.45) is 5.73 Å². The molecule has 0 aromatic carbocycles. The molecule has 0 bridgehead atoms. The van der Waals surface area contributed by atoms with Crippen LogP contribution in [0.2, 0.25) is 5.22 Å². The molecule has 0 amide bonds. The molecule has 4 heteroatoms. The minimum absolute atomic E-state index is 0.196. The molecule has 74 valence electrons. The van der Waals surface area contributed by atoms with Crippen molar-refractivity contribution < 1.29 is 9.15 Å². The van der Waals surface area contributed by atoms with E-state index in [9.17, 15) is 0 Å². The summed E-state index contributed by atoms with van der Waals surface area (Å²) in [6, 6.07) is 1.57. The SMILES string of the molecule is CCCOCC(N)c1ccoc1Cl. The van der Waals surface area contributed by atoms with Crippen molar-refractivity contribution >= 4 is 11.6 Å². The first-order chi connectivity index (χ1) is 6.25. The third-order valence-corrected chi connectivity index (χ3v) is 2.00. The molecule has 0 saturated heterocycles. The quantitative estimate of drug-likeness (QED) is 0.748. The monoisotopic (exact) mass is 203 g/mol. The van der Waals surface area contributed by atoms with Crippen molar-refractivity contribution in [3.8, 4) is 0 Å². The molecule has 0 aliphatic carbocycles. The fraction of sp³-hybridized carbons (Fsp3) is 0.556. The number of halogens is 1. The average molecular weight is 204 g/mol. The van der Waals surface area contributed by atoms with Gasteiger partial charge >= 0.3 is 0 Å². The van der Waals surface area contributed by atoms with Crippen molar-refractivity contribution in [2.45, 2.75) is 19.4 Å². The van der Waals surface area contributed by atoms with E-state index in [4.69, 9.17) is 26.5 Å². The lowest BCUT2D eigenvalue weighted by atomic mass is 10.2. The van der Waals surface area contributed by atoms with Crippen LogP contribution in [0, 0.1) is 0 Å². The van der Waals surface area contributed by atoms with Crippen molar-refractivity contribution in [2.75, 3.05) is 13.2 Å². The van der Waals surface area contributed by atoms with Gasteiger partial charge in [0.1, 0.15) is 0 Å². The van der Waals surface area contributed by atoms with Gasteiger partial charge in [-0.15, -0.1) is 0 Å². The Labute approximate surface area is 82.8 Å². The van der Waals surface area contributed by atoms with Crippen molar-refractivity contribution in [1.29, 1.82) is 0 Å². The highest BCUT2D eigenvalue weighted by Crippen LogP contribution is 2.22. The predicted molar refractivity (Wildman–Crippen MR) is 51.8 cm³/mol. The standard InChI is InChI=1S/C9H14ClNO2/c1-2-4-12-6-8(11)7-3-5-13-9(7)10/h3,5,8H,2,4,6,11H2,1H3. The lowest BCUT2D eigenvalue weighted by molar-refractivity contribution is 0.121. The van der Waals surface area contributed by atoms with E-state index in [0.717, 1.165) is 18.6 Å². The van der Waals surface area contributed by atoms with Gasteiger partial charge < -0.3 is 14.9 Å². The summed E-state index contributed by atoms with van der Waals surface area (Å²) < 4.78 is 10.2. The van der Waals surface area contributed by atoms with Gasteiger partial charge in [0.05, 0.1) is 18.9 Å². The third-order valence-electron chi connectivity index (χ3n) is 1.69. The summed E-state index contributed by atoms with van der Waals surface area (Å²) in [5, 5.41) is 0.354. The van der Waals surface area contributed by atoms with Crippen molar-refractivity contribution in [3.63, 3.8) is 0 Å². The Morgan fingerprint density at radius 3 is 3.00 bits per heavy atom. The summed E-state index contributed by atoms with van der Waals surface area (Å²) in [6.07, 6.45) is 2.52. The highest BCUT2D eigenvalue weighted by atomic mass is 35.5. The molecule has 1 aromatic rings. The van der Waals surface area contributed by atoms with E-state index in [1.807, 2.05) is 0 Å². The Hall–Kier alpha value is -0.510. The van der Waals surface area contributed by atoms with Crippen LogP contribution >= 0.6 is 11.6 Å². The second-order valence-corrected chi connectivity index (χ2v) is 3.17. The number of furan rings is 1. The summed E-state index contributed by atoms with van der Waals surface area (Å²) in [7, 11) is 0. The molecular formula is C9H14ClNO2. The number of hydrogen-bond donors (Lipinski definition) is 1. The second kappa shape index (κ2) is 5.27. The summed E-state index contributed by atoms with van der Waals surface area (Å²) in [5.41, 5.74) is 6.62. The van der Waals surface area contributed by atoms with Crippen LogP contribution < -0.4 is 5.73 Å². The molecule has 0 spiro atoms. The number of rotatable bonds is 5.